The second-order valence-corrected chi connectivity index (χ2v) is 11.5. The number of aliphatic carboxylic acids is 4. The summed E-state index contributed by atoms with van der Waals surface area (Å²) >= 11 is 0. The van der Waals surface area contributed by atoms with Crippen molar-refractivity contribution < 1.29 is 54.3 Å². The maximum atomic E-state index is 12.3. The average Bonchev–Trinajstić information content (AvgIpc) is 3.11. The standard InChI is InChI=1S/C19H19N7O6.C14H18N2O6/c20-19-25-15-14(17(30)26-19)23-11(8-22-15)7-21-10-3-1-9(2-4-10)16(29)24-12(18(31)32)5-6-13(27)28;15-10(7-8-1-3-9(17)4-2-8)13(20)16-11(14(21)22)5-6-12(18)19/h1-4,8,12,21H,5-7H2,(H,24,29)(H,27,28)(H,31,32)(H3,20,22,25,26,30);1-4,10-11,17H,5-7,15H2,(H,16,20)(H,18,19)(H,21,22)/t;10-,11-/m.0/s1. The van der Waals surface area contributed by atoms with Crippen LogP contribution in [0.1, 0.15) is 47.3 Å². The summed E-state index contributed by atoms with van der Waals surface area (Å²) in [6, 6.07) is 8.69. The summed E-state index contributed by atoms with van der Waals surface area (Å²) in [5.74, 6) is -6.20. The molecule has 21 heteroatoms. The summed E-state index contributed by atoms with van der Waals surface area (Å²) in [6.07, 6.45) is 0.414. The Morgan fingerprint density at radius 1 is 0.796 bits per heavy atom. The number of aromatic nitrogens is 4. The molecule has 4 rings (SSSR count). The fraction of sp³-hybridized carbons (Fsp3) is 0.273. The minimum atomic E-state index is -1.31. The molecule has 286 valence electrons. The molecule has 0 aliphatic heterocycles. The van der Waals surface area contributed by atoms with Crippen LogP contribution in [0.2, 0.25) is 0 Å². The number of hydrogen-bond acceptors (Lipinski definition) is 14. The number of rotatable bonds is 17. The van der Waals surface area contributed by atoms with Crippen LogP contribution in [0, 0.1) is 0 Å². The zero-order chi connectivity index (χ0) is 39.9. The molecule has 13 N–H and O–H groups in total. The van der Waals surface area contributed by atoms with Crippen molar-refractivity contribution in [2.45, 2.75) is 56.8 Å². The predicted molar refractivity (Wildman–Crippen MR) is 188 cm³/mol. The van der Waals surface area contributed by atoms with E-state index in [1.165, 1.54) is 30.5 Å². The van der Waals surface area contributed by atoms with E-state index in [0.29, 0.717) is 16.9 Å². The molecule has 4 aromatic rings. The van der Waals surface area contributed by atoms with Crippen LogP contribution in [0.15, 0.2) is 59.5 Å². The van der Waals surface area contributed by atoms with Crippen LogP contribution in [0.4, 0.5) is 11.6 Å². The number of carboxylic acids is 4. The number of nitrogens with one attached hydrogen (secondary N) is 4. The number of aromatic amines is 1. The third-order valence-electron chi connectivity index (χ3n) is 7.35. The van der Waals surface area contributed by atoms with Crippen LogP contribution in [0.5, 0.6) is 5.75 Å². The third-order valence-corrected chi connectivity index (χ3v) is 7.35. The molecule has 0 bridgehead atoms. The molecule has 2 heterocycles. The Balaban J connectivity index is 0.000000313. The molecule has 1 unspecified atom stereocenters. The molecule has 54 heavy (non-hydrogen) atoms. The highest BCUT2D eigenvalue weighted by Crippen LogP contribution is 2.13. The maximum absolute atomic E-state index is 12.3. The number of benzene rings is 2. The van der Waals surface area contributed by atoms with E-state index < -0.39 is 59.4 Å². The number of carbonyl (C=O) groups is 6. The number of hydrogen-bond donors (Lipinski definition) is 11. The number of carbonyl (C=O) groups excluding carboxylic acids is 2. The van der Waals surface area contributed by atoms with Crippen LogP contribution < -0.4 is 33.0 Å². The van der Waals surface area contributed by atoms with Crippen molar-refractivity contribution in [3.63, 3.8) is 0 Å². The molecule has 0 fully saturated rings. The smallest absolute Gasteiger partial charge is 0.326 e. The molecule has 0 spiro atoms. The van der Waals surface area contributed by atoms with Gasteiger partial charge in [0.15, 0.2) is 11.2 Å². The molecule has 3 atom stereocenters. The van der Waals surface area contributed by atoms with Gasteiger partial charge in [0.25, 0.3) is 11.5 Å². The van der Waals surface area contributed by atoms with Gasteiger partial charge >= 0.3 is 23.9 Å². The zero-order valence-corrected chi connectivity index (χ0v) is 28.3. The molecule has 0 saturated carbocycles. The molecule has 0 aliphatic carbocycles. The topological polar surface area (TPSA) is 363 Å². The van der Waals surface area contributed by atoms with Gasteiger partial charge in [-0.2, -0.15) is 4.98 Å². The lowest BCUT2D eigenvalue weighted by atomic mass is 10.0. The number of anilines is 2. The Morgan fingerprint density at radius 2 is 1.37 bits per heavy atom. The highest BCUT2D eigenvalue weighted by Gasteiger charge is 2.24. The molecule has 0 saturated heterocycles. The number of phenols is 1. The molecular formula is C33H37N9O12. The molecule has 21 nitrogen and oxygen atoms in total. The summed E-state index contributed by atoms with van der Waals surface area (Å²) in [5, 5.41) is 52.1. The number of nitrogens with two attached hydrogens (primary N) is 2. The van der Waals surface area contributed by atoms with Crippen LogP contribution in [-0.4, -0.2) is 99.3 Å². The van der Waals surface area contributed by atoms with E-state index >= 15 is 0 Å². The van der Waals surface area contributed by atoms with Gasteiger partial charge in [-0.25, -0.2) is 19.6 Å². The van der Waals surface area contributed by atoms with E-state index in [-0.39, 0.29) is 67.1 Å². The van der Waals surface area contributed by atoms with Crippen molar-refractivity contribution in [1.29, 1.82) is 0 Å². The van der Waals surface area contributed by atoms with Gasteiger partial charge in [0.1, 0.15) is 17.8 Å². The second-order valence-electron chi connectivity index (χ2n) is 11.5. The Bertz CT molecular complexity index is 2040. The van der Waals surface area contributed by atoms with Crippen LogP contribution in [0.25, 0.3) is 11.2 Å². The maximum Gasteiger partial charge on any atom is 0.326 e. The molecule has 2 amide bonds. The van der Waals surface area contributed by atoms with Gasteiger partial charge in [-0.3, -0.25) is 29.0 Å². The molecule has 0 aliphatic rings. The largest absolute Gasteiger partial charge is 0.508 e. The first-order chi connectivity index (χ1) is 25.5. The summed E-state index contributed by atoms with van der Waals surface area (Å²) in [6.45, 7) is 0.231. The number of H-pyrrole nitrogens is 1. The van der Waals surface area contributed by atoms with Crippen molar-refractivity contribution in [2.75, 3.05) is 11.1 Å². The average molecular weight is 752 g/mol. The number of nitrogens with zero attached hydrogens (tertiary/aromatic N) is 3. The van der Waals surface area contributed by atoms with Gasteiger partial charge in [0, 0.05) is 24.1 Å². The van der Waals surface area contributed by atoms with E-state index in [1.54, 1.807) is 24.3 Å². The van der Waals surface area contributed by atoms with E-state index in [9.17, 15) is 33.6 Å². The monoisotopic (exact) mass is 751 g/mol. The fourth-order valence-electron chi connectivity index (χ4n) is 4.54. The predicted octanol–water partition coefficient (Wildman–Crippen LogP) is -0.349. The van der Waals surface area contributed by atoms with E-state index in [2.05, 4.69) is 35.9 Å². The second kappa shape index (κ2) is 19.4. The molecule has 2 aromatic carbocycles. The van der Waals surface area contributed by atoms with Crippen molar-refractivity contribution in [1.82, 2.24) is 30.6 Å². The van der Waals surface area contributed by atoms with E-state index in [1.807, 2.05) is 0 Å². The van der Waals surface area contributed by atoms with Crippen LogP contribution in [0.3, 0.4) is 0 Å². The first-order valence-corrected chi connectivity index (χ1v) is 15.9. The lowest BCUT2D eigenvalue weighted by Crippen LogP contribution is -2.49. The van der Waals surface area contributed by atoms with Gasteiger partial charge in [0.2, 0.25) is 11.9 Å². The lowest BCUT2D eigenvalue weighted by Gasteiger charge is -2.17. The summed E-state index contributed by atoms with van der Waals surface area (Å²) in [7, 11) is 0. The molecular weight excluding hydrogens is 714 g/mol. The van der Waals surface area contributed by atoms with Crippen molar-refractivity contribution in [2.24, 2.45) is 5.73 Å². The van der Waals surface area contributed by atoms with Crippen molar-refractivity contribution >= 4 is 58.5 Å². The van der Waals surface area contributed by atoms with Gasteiger partial charge < -0.3 is 53.0 Å². The summed E-state index contributed by atoms with van der Waals surface area (Å²) in [5.41, 5.74) is 12.9. The third kappa shape index (κ3) is 13.2. The normalized spacial score (nSPS) is 12.2. The molecule has 2 aromatic heterocycles. The number of nitrogen functional groups attached to an aromatic ring is 1. The highest BCUT2D eigenvalue weighted by atomic mass is 16.4. The first-order valence-electron chi connectivity index (χ1n) is 15.9. The minimum absolute atomic E-state index is 0.0524. The lowest BCUT2D eigenvalue weighted by molar-refractivity contribution is -0.143. The Morgan fingerprint density at radius 3 is 1.93 bits per heavy atom. The van der Waals surface area contributed by atoms with Crippen molar-refractivity contribution in [3.05, 3.63) is 81.9 Å². The first kappa shape index (κ1) is 41.3. The Kier molecular flexibility index (Phi) is 14.9. The number of amides is 2. The van der Waals surface area contributed by atoms with Crippen LogP contribution >= 0.6 is 0 Å². The Hall–Kier alpha value is -7.16. The number of aromatic hydroxyl groups is 1. The SMILES string of the molecule is N[C@@H](Cc1ccc(O)cc1)C(=O)N[C@@H](CCC(=O)O)C(=O)O.Nc1nc2ncc(CNc3ccc(C(=O)NC(CCC(=O)O)C(=O)O)cc3)nc2c(=O)[nH]1. The summed E-state index contributed by atoms with van der Waals surface area (Å²) in [4.78, 5) is 93.9. The number of phenolic OH excluding ortho intramolecular Hbond substituents is 1. The van der Waals surface area contributed by atoms with Gasteiger partial charge in [-0.05, 0) is 61.2 Å². The highest BCUT2D eigenvalue weighted by molar-refractivity contribution is 5.97. The van der Waals surface area contributed by atoms with Crippen LogP contribution in [-0.2, 0) is 36.9 Å². The summed E-state index contributed by atoms with van der Waals surface area (Å²) < 4.78 is 0. The van der Waals surface area contributed by atoms with Crippen molar-refractivity contribution in [3.8, 4) is 5.75 Å². The molecule has 0 radical (unpaired) electrons. The number of fused-ring (bicyclic) bond motifs is 1. The zero-order valence-electron chi connectivity index (χ0n) is 28.3. The van der Waals surface area contributed by atoms with Gasteiger partial charge in [0.05, 0.1) is 24.5 Å². The minimum Gasteiger partial charge on any atom is -0.508 e. The van der Waals surface area contributed by atoms with Gasteiger partial charge in [-0.1, -0.05) is 12.1 Å². The Labute approximate surface area is 304 Å². The fourth-order valence-corrected chi connectivity index (χ4v) is 4.54. The van der Waals surface area contributed by atoms with Gasteiger partial charge in [-0.15, -0.1) is 0 Å². The van der Waals surface area contributed by atoms with E-state index in [4.69, 9.17) is 37.0 Å². The number of carboxylic acid groups (broad SMARTS) is 4. The van der Waals surface area contributed by atoms with E-state index in [0.717, 1.165) is 0 Å². The quantitative estimate of drug-likeness (QED) is 0.0656.